The van der Waals surface area contributed by atoms with Crippen molar-refractivity contribution in [2.24, 2.45) is 0 Å². The number of hydrogen-bond acceptors (Lipinski definition) is 3. The number of benzene rings is 1. The molecule has 0 radical (unpaired) electrons. The van der Waals surface area contributed by atoms with E-state index in [4.69, 9.17) is 0 Å². The van der Waals surface area contributed by atoms with Crippen LogP contribution in [0, 0.1) is 0 Å². The molecule has 2 saturated heterocycles. The van der Waals surface area contributed by atoms with E-state index in [2.05, 4.69) is 21.9 Å². The highest BCUT2D eigenvalue weighted by molar-refractivity contribution is 5.49. The number of nitrogens with zero attached hydrogens (tertiary/aromatic N) is 2. The maximum absolute atomic E-state index is 9.57. The highest BCUT2D eigenvalue weighted by Gasteiger charge is 2.28. The van der Waals surface area contributed by atoms with Crippen molar-refractivity contribution in [1.82, 2.24) is 4.90 Å². The molecule has 2 atom stereocenters. The molecule has 0 bridgehead atoms. The van der Waals surface area contributed by atoms with E-state index in [1.807, 2.05) is 19.1 Å². The molecule has 3 nitrogen and oxygen atoms in total. The van der Waals surface area contributed by atoms with Crippen molar-refractivity contribution in [2.45, 2.75) is 44.8 Å². The van der Waals surface area contributed by atoms with Crippen molar-refractivity contribution in [3.8, 4) is 0 Å². The lowest BCUT2D eigenvalue weighted by Gasteiger charge is -2.32. The number of aliphatic hydroxyl groups is 1. The lowest BCUT2D eigenvalue weighted by Crippen LogP contribution is -2.40. The van der Waals surface area contributed by atoms with Crippen LogP contribution in [-0.4, -0.2) is 42.2 Å². The van der Waals surface area contributed by atoms with E-state index in [1.54, 1.807) is 0 Å². The van der Waals surface area contributed by atoms with Crippen molar-refractivity contribution in [3.05, 3.63) is 29.8 Å². The van der Waals surface area contributed by atoms with Crippen LogP contribution in [-0.2, 0) is 0 Å². The maximum atomic E-state index is 9.57. The third-order valence-corrected chi connectivity index (χ3v) is 4.81. The van der Waals surface area contributed by atoms with Crippen LogP contribution in [0.3, 0.4) is 0 Å². The summed E-state index contributed by atoms with van der Waals surface area (Å²) in [4.78, 5) is 5.18. The minimum absolute atomic E-state index is 0.372. The van der Waals surface area contributed by atoms with Gasteiger partial charge in [-0.15, -0.1) is 0 Å². The highest BCUT2D eigenvalue weighted by Crippen LogP contribution is 2.26. The lowest BCUT2D eigenvalue weighted by molar-refractivity contribution is 0.175. The van der Waals surface area contributed by atoms with Gasteiger partial charge in [-0.2, -0.15) is 0 Å². The van der Waals surface area contributed by atoms with Crippen molar-refractivity contribution in [2.75, 3.05) is 31.1 Å². The molecule has 2 aliphatic rings. The summed E-state index contributed by atoms with van der Waals surface area (Å²) in [7, 11) is 0. The normalized spacial score (nSPS) is 25.9. The molecule has 0 spiro atoms. The van der Waals surface area contributed by atoms with Crippen LogP contribution in [0.1, 0.15) is 44.3 Å². The highest BCUT2D eigenvalue weighted by atomic mass is 16.3. The summed E-state index contributed by atoms with van der Waals surface area (Å²) < 4.78 is 0. The molecule has 2 heterocycles. The van der Waals surface area contributed by atoms with Gasteiger partial charge in [0.2, 0.25) is 0 Å². The predicted octanol–water partition coefficient (Wildman–Crippen LogP) is 2.80. The molecule has 0 amide bonds. The summed E-state index contributed by atoms with van der Waals surface area (Å²) >= 11 is 0. The zero-order valence-electron chi connectivity index (χ0n) is 12.5. The van der Waals surface area contributed by atoms with Crippen LogP contribution in [0.2, 0.25) is 0 Å². The number of piperidine rings is 1. The third kappa shape index (κ3) is 2.99. The van der Waals surface area contributed by atoms with E-state index in [1.165, 1.54) is 44.5 Å². The van der Waals surface area contributed by atoms with Gasteiger partial charge in [0, 0.05) is 24.8 Å². The first-order valence-corrected chi connectivity index (χ1v) is 8.01. The number of anilines is 1. The average molecular weight is 274 g/mol. The Labute approximate surface area is 122 Å². The van der Waals surface area contributed by atoms with Crippen LogP contribution in [0.5, 0.6) is 0 Å². The van der Waals surface area contributed by atoms with E-state index in [0.29, 0.717) is 0 Å². The minimum atomic E-state index is -0.372. The van der Waals surface area contributed by atoms with Crippen LogP contribution >= 0.6 is 0 Å². The van der Waals surface area contributed by atoms with E-state index < -0.39 is 0 Å². The van der Waals surface area contributed by atoms with E-state index in [-0.39, 0.29) is 6.10 Å². The number of likely N-dealkylation sites (tertiary alicyclic amines) is 1. The smallest absolute Gasteiger partial charge is 0.0761 e. The first kappa shape index (κ1) is 13.9. The summed E-state index contributed by atoms with van der Waals surface area (Å²) in [5, 5.41) is 9.57. The predicted molar refractivity (Wildman–Crippen MR) is 83.1 cm³/mol. The van der Waals surface area contributed by atoms with Gasteiger partial charge in [-0.05, 0) is 57.0 Å². The van der Waals surface area contributed by atoms with Crippen LogP contribution in [0.25, 0.3) is 0 Å². The summed E-state index contributed by atoms with van der Waals surface area (Å²) in [6.45, 7) is 6.72. The summed E-state index contributed by atoms with van der Waals surface area (Å²) in [5.41, 5.74) is 2.30. The van der Waals surface area contributed by atoms with Crippen LogP contribution in [0.15, 0.2) is 24.3 Å². The van der Waals surface area contributed by atoms with Gasteiger partial charge in [0.05, 0.1) is 6.10 Å². The molecule has 0 aromatic heterocycles. The second kappa shape index (κ2) is 6.15. The van der Waals surface area contributed by atoms with Gasteiger partial charge >= 0.3 is 0 Å². The zero-order chi connectivity index (χ0) is 13.9. The van der Waals surface area contributed by atoms with E-state index >= 15 is 0 Å². The lowest BCUT2D eigenvalue weighted by atomic mass is 10.1. The Bertz CT molecular complexity index is 423. The molecule has 0 saturated carbocycles. The fourth-order valence-electron chi connectivity index (χ4n) is 3.52. The minimum Gasteiger partial charge on any atom is -0.389 e. The fraction of sp³-hybridized carbons (Fsp3) is 0.647. The SMILES string of the molecule is CC(O)c1ccc(N2CCC(N3CCCCC3)C2)cc1. The summed E-state index contributed by atoms with van der Waals surface area (Å²) in [5.74, 6) is 0. The second-order valence-corrected chi connectivity index (χ2v) is 6.25. The molecule has 1 aromatic carbocycles. The number of rotatable bonds is 3. The van der Waals surface area contributed by atoms with Crippen LogP contribution < -0.4 is 4.90 Å². The van der Waals surface area contributed by atoms with Gasteiger partial charge in [0.15, 0.2) is 0 Å². The molecular formula is C17H26N2O. The molecule has 2 unspecified atom stereocenters. The van der Waals surface area contributed by atoms with Gasteiger partial charge < -0.3 is 10.0 Å². The zero-order valence-corrected chi connectivity index (χ0v) is 12.5. The Morgan fingerprint density at radius 2 is 1.75 bits per heavy atom. The Morgan fingerprint density at radius 3 is 2.40 bits per heavy atom. The van der Waals surface area contributed by atoms with Gasteiger partial charge in [0.1, 0.15) is 0 Å². The molecule has 20 heavy (non-hydrogen) atoms. The molecule has 0 aliphatic carbocycles. The van der Waals surface area contributed by atoms with Gasteiger partial charge in [-0.25, -0.2) is 0 Å². The standard InChI is InChI=1S/C17H26N2O/c1-14(20)15-5-7-16(8-6-15)19-12-9-17(13-19)18-10-3-2-4-11-18/h5-8,14,17,20H,2-4,9-13H2,1H3. The maximum Gasteiger partial charge on any atom is 0.0761 e. The van der Waals surface area contributed by atoms with Crippen molar-refractivity contribution in [3.63, 3.8) is 0 Å². The molecule has 3 heteroatoms. The first-order chi connectivity index (χ1) is 9.74. The molecule has 2 aliphatic heterocycles. The van der Waals surface area contributed by atoms with Crippen molar-refractivity contribution < 1.29 is 5.11 Å². The first-order valence-electron chi connectivity index (χ1n) is 8.01. The molecular weight excluding hydrogens is 248 g/mol. The number of aliphatic hydroxyl groups excluding tert-OH is 1. The van der Waals surface area contributed by atoms with Crippen molar-refractivity contribution >= 4 is 5.69 Å². The molecule has 1 aromatic rings. The van der Waals surface area contributed by atoms with E-state index in [9.17, 15) is 5.11 Å². The topological polar surface area (TPSA) is 26.7 Å². The fourth-order valence-corrected chi connectivity index (χ4v) is 3.52. The number of hydrogen-bond donors (Lipinski definition) is 1. The molecule has 1 N–H and O–H groups in total. The molecule has 110 valence electrons. The summed E-state index contributed by atoms with van der Waals surface area (Å²) in [6, 6.07) is 9.15. The Morgan fingerprint density at radius 1 is 1.05 bits per heavy atom. The Balaban J connectivity index is 1.61. The monoisotopic (exact) mass is 274 g/mol. The van der Waals surface area contributed by atoms with Crippen LogP contribution in [0.4, 0.5) is 5.69 Å². The quantitative estimate of drug-likeness (QED) is 0.918. The largest absolute Gasteiger partial charge is 0.389 e. The second-order valence-electron chi connectivity index (χ2n) is 6.25. The Hall–Kier alpha value is -1.06. The molecule has 2 fully saturated rings. The Kier molecular flexibility index (Phi) is 4.27. The third-order valence-electron chi connectivity index (χ3n) is 4.81. The van der Waals surface area contributed by atoms with Gasteiger partial charge in [-0.1, -0.05) is 18.6 Å². The summed E-state index contributed by atoms with van der Waals surface area (Å²) in [6.07, 6.45) is 5.08. The van der Waals surface area contributed by atoms with Gasteiger partial charge in [-0.3, -0.25) is 4.90 Å². The van der Waals surface area contributed by atoms with Gasteiger partial charge in [0.25, 0.3) is 0 Å². The molecule has 3 rings (SSSR count). The average Bonchev–Trinajstić information content (AvgIpc) is 2.98. The van der Waals surface area contributed by atoms with E-state index in [0.717, 1.165) is 24.7 Å². The van der Waals surface area contributed by atoms with Crippen molar-refractivity contribution in [1.29, 1.82) is 0 Å².